The van der Waals surface area contributed by atoms with Crippen molar-refractivity contribution in [3.63, 3.8) is 0 Å². The van der Waals surface area contributed by atoms with Crippen molar-refractivity contribution < 1.29 is 23.8 Å². The lowest BCUT2D eigenvalue weighted by Gasteiger charge is -2.14. The fourth-order valence-corrected chi connectivity index (χ4v) is 2.59. The maximum Gasteiger partial charge on any atom is 0.340 e. The van der Waals surface area contributed by atoms with Gasteiger partial charge in [0.2, 0.25) is 5.78 Å². The molecule has 0 saturated carbocycles. The van der Waals surface area contributed by atoms with Gasteiger partial charge in [0.1, 0.15) is 11.5 Å². The van der Waals surface area contributed by atoms with Crippen LogP contribution in [0.15, 0.2) is 46.9 Å². The average molecular weight is 407 g/mol. The quantitative estimate of drug-likeness (QED) is 0.506. The molecule has 0 aliphatic rings. The van der Waals surface area contributed by atoms with E-state index in [4.69, 9.17) is 14.2 Å². The lowest BCUT2D eigenvalue weighted by atomic mass is 10.1. The Kier molecular flexibility index (Phi) is 6.58. The van der Waals surface area contributed by atoms with Crippen LogP contribution >= 0.6 is 15.9 Å². The predicted molar refractivity (Wildman–Crippen MR) is 97.5 cm³/mol. The van der Waals surface area contributed by atoms with E-state index in [1.165, 1.54) is 7.11 Å². The van der Waals surface area contributed by atoms with Gasteiger partial charge in [0.25, 0.3) is 0 Å². The number of hydrogen-bond acceptors (Lipinski definition) is 5. The maximum atomic E-state index is 12.4. The second kappa shape index (κ2) is 8.67. The van der Waals surface area contributed by atoms with Crippen LogP contribution in [0.4, 0.5) is 0 Å². The van der Waals surface area contributed by atoms with Crippen LogP contribution in [0.2, 0.25) is 0 Å². The minimum Gasteiger partial charge on any atom is -0.497 e. The molecule has 132 valence electrons. The molecule has 0 unspecified atom stereocenters. The second-order valence-electron chi connectivity index (χ2n) is 5.21. The van der Waals surface area contributed by atoms with E-state index in [1.54, 1.807) is 49.4 Å². The summed E-state index contributed by atoms with van der Waals surface area (Å²) in [4.78, 5) is 24.8. The third-order valence-electron chi connectivity index (χ3n) is 3.50. The van der Waals surface area contributed by atoms with Gasteiger partial charge in [-0.3, -0.25) is 4.79 Å². The van der Waals surface area contributed by atoms with Crippen LogP contribution in [0, 0.1) is 0 Å². The first kappa shape index (κ1) is 19.0. The van der Waals surface area contributed by atoms with Gasteiger partial charge in [-0.05, 0) is 72.2 Å². The fraction of sp³-hybridized carbons (Fsp3) is 0.263. The first-order valence-corrected chi connectivity index (χ1v) is 8.57. The molecule has 0 aromatic heterocycles. The number of hydrogen-bond donors (Lipinski definition) is 0. The third kappa shape index (κ3) is 4.82. The van der Waals surface area contributed by atoms with Crippen LogP contribution in [0.1, 0.15) is 34.6 Å². The fourth-order valence-electron chi connectivity index (χ4n) is 2.18. The van der Waals surface area contributed by atoms with Crippen LogP contribution < -0.4 is 9.47 Å². The van der Waals surface area contributed by atoms with E-state index in [9.17, 15) is 9.59 Å². The van der Waals surface area contributed by atoms with Crippen molar-refractivity contribution in [2.24, 2.45) is 0 Å². The van der Waals surface area contributed by atoms with Crippen LogP contribution in [-0.2, 0) is 4.74 Å². The largest absolute Gasteiger partial charge is 0.497 e. The summed E-state index contributed by atoms with van der Waals surface area (Å²) in [6, 6.07) is 11.7. The monoisotopic (exact) mass is 406 g/mol. The molecular weight excluding hydrogens is 388 g/mol. The lowest BCUT2D eigenvalue weighted by molar-refractivity contribution is 0.0317. The molecule has 5 nitrogen and oxygen atoms in total. The molecule has 2 aromatic rings. The summed E-state index contributed by atoms with van der Waals surface area (Å²) in [6.07, 6.45) is -0.913. The normalized spacial score (nSPS) is 11.5. The number of benzene rings is 2. The Balaban J connectivity index is 2.09. The van der Waals surface area contributed by atoms with Gasteiger partial charge in [-0.1, -0.05) is 0 Å². The van der Waals surface area contributed by atoms with E-state index in [0.717, 1.165) is 0 Å². The summed E-state index contributed by atoms with van der Waals surface area (Å²) in [5, 5.41) is 0. The standard InChI is InChI=1S/C19H19BrO5/c1-4-24-14-7-5-13(6-8-14)18(21)12(2)25-19(22)16-11-15(23-3)9-10-17(16)20/h5-12H,4H2,1-3H3/t12-/m0/s1. The molecule has 2 rings (SSSR count). The molecule has 0 saturated heterocycles. The Morgan fingerprint density at radius 3 is 2.32 bits per heavy atom. The van der Waals surface area contributed by atoms with E-state index in [-0.39, 0.29) is 5.78 Å². The highest BCUT2D eigenvalue weighted by atomic mass is 79.9. The second-order valence-corrected chi connectivity index (χ2v) is 6.07. The predicted octanol–water partition coefficient (Wildman–Crippen LogP) is 4.28. The zero-order valence-electron chi connectivity index (χ0n) is 14.2. The number of Topliss-reactive ketones (excluding diaryl/α,β-unsaturated/α-hetero) is 1. The molecule has 0 aliphatic carbocycles. The van der Waals surface area contributed by atoms with Crippen LogP contribution in [0.5, 0.6) is 11.5 Å². The molecule has 0 fully saturated rings. The number of carbonyl (C=O) groups excluding carboxylic acids is 2. The van der Waals surface area contributed by atoms with Gasteiger partial charge in [0.05, 0.1) is 19.3 Å². The van der Waals surface area contributed by atoms with E-state index >= 15 is 0 Å². The molecular formula is C19H19BrO5. The molecule has 25 heavy (non-hydrogen) atoms. The Bertz CT molecular complexity index is 755. The molecule has 6 heteroatoms. The Labute approximate surface area is 155 Å². The smallest absolute Gasteiger partial charge is 0.340 e. The molecule has 2 aromatic carbocycles. The molecule has 0 heterocycles. The maximum absolute atomic E-state index is 12.4. The molecule has 0 aliphatic heterocycles. The minimum atomic E-state index is -0.913. The van der Waals surface area contributed by atoms with Crippen molar-refractivity contribution in [1.82, 2.24) is 0 Å². The Hall–Kier alpha value is -2.34. The van der Waals surface area contributed by atoms with Crippen molar-refractivity contribution in [1.29, 1.82) is 0 Å². The van der Waals surface area contributed by atoms with Crippen molar-refractivity contribution in [3.8, 4) is 11.5 Å². The number of halogens is 1. The SMILES string of the molecule is CCOc1ccc(C(=O)[C@H](C)OC(=O)c2cc(OC)ccc2Br)cc1. The van der Waals surface area contributed by atoms with Crippen molar-refractivity contribution in [2.45, 2.75) is 20.0 Å². The van der Waals surface area contributed by atoms with Gasteiger partial charge >= 0.3 is 5.97 Å². The summed E-state index contributed by atoms with van der Waals surface area (Å²) < 4.78 is 16.3. The molecule has 0 spiro atoms. The molecule has 0 amide bonds. The van der Waals surface area contributed by atoms with Crippen molar-refractivity contribution in [3.05, 3.63) is 58.1 Å². The highest BCUT2D eigenvalue weighted by Gasteiger charge is 2.22. The average Bonchev–Trinajstić information content (AvgIpc) is 2.62. The zero-order valence-corrected chi connectivity index (χ0v) is 15.8. The Morgan fingerprint density at radius 1 is 1.08 bits per heavy atom. The van der Waals surface area contributed by atoms with Crippen LogP contribution in [-0.4, -0.2) is 31.6 Å². The summed E-state index contributed by atoms with van der Waals surface area (Å²) in [5.74, 6) is 0.331. The number of ether oxygens (including phenoxy) is 3. The van der Waals surface area contributed by atoms with Gasteiger partial charge in [-0.25, -0.2) is 4.79 Å². The van der Waals surface area contributed by atoms with E-state index in [0.29, 0.717) is 33.7 Å². The summed E-state index contributed by atoms with van der Waals surface area (Å²) in [5.41, 5.74) is 0.749. The van der Waals surface area contributed by atoms with E-state index in [1.807, 2.05) is 6.92 Å². The topological polar surface area (TPSA) is 61.8 Å². The van der Waals surface area contributed by atoms with Gasteiger partial charge in [-0.15, -0.1) is 0 Å². The van der Waals surface area contributed by atoms with Gasteiger partial charge in [0.15, 0.2) is 6.10 Å². The molecule has 0 N–H and O–H groups in total. The van der Waals surface area contributed by atoms with Crippen molar-refractivity contribution in [2.75, 3.05) is 13.7 Å². The number of rotatable bonds is 7. The van der Waals surface area contributed by atoms with Crippen LogP contribution in [0.3, 0.4) is 0 Å². The highest BCUT2D eigenvalue weighted by molar-refractivity contribution is 9.10. The summed E-state index contributed by atoms with van der Waals surface area (Å²) in [6.45, 7) is 3.98. The third-order valence-corrected chi connectivity index (χ3v) is 4.19. The number of carbonyl (C=O) groups is 2. The minimum absolute atomic E-state index is 0.282. The lowest BCUT2D eigenvalue weighted by Crippen LogP contribution is -2.24. The first-order valence-electron chi connectivity index (χ1n) is 7.77. The molecule has 0 radical (unpaired) electrons. The molecule has 1 atom stereocenters. The van der Waals surface area contributed by atoms with Crippen molar-refractivity contribution >= 4 is 27.7 Å². The summed E-state index contributed by atoms with van der Waals surface area (Å²) in [7, 11) is 1.51. The highest BCUT2D eigenvalue weighted by Crippen LogP contribution is 2.24. The van der Waals surface area contributed by atoms with Gasteiger partial charge in [-0.2, -0.15) is 0 Å². The number of esters is 1. The summed E-state index contributed by atoms with van der Waals surface area (Å²) >= 11 is 3.30. The van der Waals surface area contributed by atoms with E-state index < -0.39 is 12.1 Å². The van der Waals surface area contributed by atoms with Gasteiger partial charge in [0, 0.05) is 10.0 Å². The van der Waals surface area contributed by atoms with Crippen LogP contribution in [0.25, 0.3) is 0 Å². The number of methoxy groups -OCH3 is 1. The first-order chi connectivity index (χ1) is 12.0. The van der Waals surface area contributed by atoms with Gasteiger partial charge < -0.3 is 14.2 Å². The Morgan fingerprint density at radius 2 is 1.72 bits per heavy atom. The van der Waals surface area contributed by atoms with E-state index in [2.05, 4.69) is 15.9 Å². The number of ketones is 1. The molecule has 0 bridgehead atoms. The zero-order chi connectivity index (χ0) is 18.4.